The Hall–Kier alpha value is -3.68. The lowest BCUT2D eigenvalue weighted by atomic mass is 10.1. The van der Waals surface area contributed by atoms with Crippen LogP contribution in [0.2, 0.25) is 0 Å². The Morgan fingerprint density at radius 1 is 1.00 bits per heavy atom. The highest BCUT2D eigenvalue weighted by Gasteiger charge is 2.34. The number of imide groups is 1. The molecule has 2 heterocycles. The second-order valence-corrected chi connectivity index (χ2v) is 6.16. The van der Waals surface area contributed by atoms with Gasteiger partial charge in [0.25, 0.3) is 11.8 Å². The molecule has 1 aliphatic heterocycles. The molecule has 3 aromatic rings. The maximum absolute atomic E-state index is 12.3. The number of hydrogen-bond donors (Lipinski definition) is 2. The van der Waals surface area contributed by atoms with Crippen molar-refractivity contribution in [3.63, 3.8) is 0 Å². The van der Waals surface area contributed by atoms with Crippen molar-refractivity contribution in [2.45, 2.75) is 12.8 Å². The van der Waals surface area contributed by atoms with Crippen LogP contribution in [-0.4, -0.2) is 34.2 Å². The minimum atomic E-state index is -0.600. The van der Waals surface area contributed by atoms with Crippen molar-refractivity contribution in [1.82, 2.24) is 9.88 Å². The summed E-state index contributed by atoms with van der Waals surface area (Å²) in [5, 5.41) is 2.68. The molecule has 3 amide bonds. The molecule has 8 nitrogen and oxygen atoms in total. The predicted molar refractivity (Wildman–Crippen MR) is 96.5 cm³/mol. The quantitative estimate of drug-likeness (QED) is 0.673. The summed E-state index contributed by atoms with van der Waals surface area (Å²) in [6.07, 6.45) is 0.433. The third-order valence-electron chi connectivity index (χ3n) is 4.38. The normalized spacial score (nSPS) is 13.3. The molecule has 0 saturated carbocycles. The maximum atomic E-state index is 12.3. The van der Waals surface area contributed by atoms with Crippen LogP contribution in [0.15, 0.2) is 51.7 Å². The van der Waals surface area contributed by atoms with E-state index in [0.717, 1.165) is 4.90 Å². The fourth-order valence-electron chi connectivity index (χ4n) is 3.12. The molecule has 0 atom stereocenters. The first-order valence-corrected chi connectivity index (χ1v) is 8.41. The van der Waals surface area contributed by atoms with E-state index >= 15 is 0 Å². The average Bonchev–Trinajstić information content (AvgIpc) is 3.15. The number of hydrogen-bond acceptors (Lipinski definition) is 5. The zero-order valence-electron chi connectivity index (χ0n) is 14.2. The number of carbonyl (C=O) groups is 3. The molecule has 27 heavy (non-hydrogen) atoms. The van der Waals surface area contributed by atoms with E-state index in [4.69, 9.17) is 4.42 Å². The summed E-state index contributed by atoms with van der Waals surface area (Å²) in [7, 11) is 0. The molecule has 0 fully saturated rings. The van der Waals surface area contributed by atoms with Gasteiger partial charge in [0.15, 0.2) is 5.58 Å². The molecule has 0 radical (unpaired) electrons. The van der Waals surface area contributed by atoms with Gasteiger partial charge in [-0.05, 0) is 30.7 Å². The number of nitrogens with zero attached hydrogens (tertiary/aromatic N) is 1. The predicted octanol–water partition coefficient (Wildman–Crippen LogP) is 2.14. The smallest absolute Gasteiger partial charge is 0.406 e. The van der Waals surface area contributed by atoms with Crippen molar-refractivity contribution < 1.29 is 18.8 Å². The number of rotatable bonds is 5. The summed E-state index contributed by atoms with van der Waals surface area (Å²) < 4.78 is 5.03. The van der Waals surface area contributed by atoms with Crippen molar-refractivity contribution in [1.29, 1.82) is 0 Å². The number of carbonyl (C=O) groups excluding carboxylic acids is 3. The van der Waals surface area contributed by atoms with Crippen molar-refractivity contribution in [2.75, 3.05) is 11.9 Å². The molecule has 136 valence electrons. The number of anilines is 1. The molecular weight excluding hydrogens is 350 g/mol. The molecule has 4 rings (SSSR count). The zero-order valence-corrected chi connectivity index (χ0v) is 14.2. The first-order chi connectivity index (χ1) is 13.0. The number of amides is 3. The van der Waals surface area contributed by atoms with E-state index in [-0.39, 0.29) is 36.3 Å². The number of aromatic nitrogens is 1. The molecule has 0 spiro atoms. The van der Waals surface area contributed by atoms with Crippen molar-refractivity contribution in [3.8, 4) is 0 Å². The van der Waals surface area contributed by atoms with Crippen molar-refractivity contribution >= 4 is 34.5 Å². The summed E-state index contributed by atoms with van der Waals surface area (Å²) >= 11 is 0. The highest BCUT2D eigenvalue weighted by molar-refractivity contribution is 6.21. The Balaban J connectivity index is 1.37. The molecule has 0 saturated heterocycles. The molecule has 1 aromatic heterocycles. The third-order valence-corrected chi connectivity index (χ3v) is 4.38. The lowest BCUT2D eigenvalue weighted by Gasteiger charge is -2.13. The first kappa shape index (κ1) is 16.8. The van der Waals surface area contributed by atoms with E-state index in [2.05, 4.69) is 10.3 Å². The minimum Gasteiger partial charge on any atom is -0.406 e. The van der Waals surface area contributed by atoms with Crippen molar-refractivity contribution in [2.24, 2.45) is 0 Å². The molecule has 0 unspecified atom stereocenters. The van der Waals surface area contributed by atoms with Gasteiger partial charge in [-0.2, -0.15) is 0 Å². The van der Waals surface area contributed by atoms with Gasteiger partial charge < -0.3 is 9.73 Å². The maximum Gasteiger partial charge on any atom is 0.417 e. The van der Waals surface area contributed by atoms with Crippen LogP contribution in [0.4, 0.5) is 5.69 Å². The number of aromatic amines is 1. The van der Waals surface area contributed by atoms with Gasteiger partial charge in [-0.15, -0.1) is 0 Å². The number of nitrogens with one attached hydrogen (secondary N) is 2. The molecule has 1 aliphatic rings. The number of oxazole rings is 1. The molecule has 8 heteroatoms. The highest BCUT2D eigenvalue weighted by atomic mass is 16.4. The molecular formula is C19H15N3O5. The summed E-state index contributed by atoms with van der Waals surface area (Å²) in [6.45, 7) is 0.156. The first-order valence-electron chi connectivity index (χ1n) is 8.41. The average molecular weight is 365 g/mol. The van der Waals surface area contributed by atoms with Crippen LogP contribution in [-0.2, 0) is 4.79 Å². The van der Waals surface area contributed by atoms with Crippen LogP contribution in [0, 0.1) is 0 Å². The lowest BCUT2D eigenvalue weighted by molar-refractivity contribution is -0.116. The van der Waals surface area contributed by atoms with E-state index in [9.17, 15) is 19.2 Å². The summed E-state index contributed by atoms with van der Waals surface area (Å²) in [6, 6.07) is 11.6. The molecule has 0 aliphatic carbocycles. The Kier molecular flexibility index (Phi) is 4.08. The number of H-pyrrole nitrogens is 1. The second-order valence-electron chi connectivity index (χ2n) is 6.16. The van der Waals surface area contributed by atoms with Crippen LogP contribution in [0.25, 0.3) is 11.1 Å². The summed E-state index contributed by atoms with van der Waals surface area (Å²) in [5.41, 5.74) is 1.93. The van der Waals surface area contributed by atoms with Gasteiger partial charge in [0.1, 0.15) is 0 Å². The van der Waals surface area contributed by atoms with E-state index in [1.165, 1.54) is 0 Å². The fraction of sp³-hybridized carbons (Fsp3) is 0.158. The number of benzene rings is 2. The standard InChI is InChI=1S/C19H15N3O5/c23-15(20-13-7-3-8-14-16(13)27-19(26)21-14)9-4-10-22-17(24)11-5-1-2-6-12(11)18(22)25/h1-3,5-8H,4,9-10H2,(H,20,23)(H,21,26). The summed E-state index contributed by atoms with van der Waals surface area (Å²) in [5.74, 6) is -1.58. The van der Waals surface area contributed by atoms with Crippen molar-refractivity contribution in [3.05, 3.63) is 64.1 Å². The Morgan fingerprint density at radius 3 is 2.41 bits per heavy atom. The summed E-state index contributed by atoms with van der Waals surface area (Å²) in [4.78, 5) is 51.7. The van der Waals surface area contributed by atoms with Crippen LogP contribution < -0.4 is 11.1 Å². The van der Waals surface area contributed by atoms with Crippen LogP contribution in [0.3, 0.4) is 0 Å². The Morgan fingerprint density at radius 2 is 1.70 bits per heavy atom. The number of fused-ring (bicyclic) bond motifs is 2. The SMILES string of the molecule is O=C(CCCN1C(=O)c2ccccc2C1=O)Nc1cccc2[nH]c(=O)oc12. The van der Waals surface area contributed by atoms with Gasteiger partial charge in [0.2, 0.25) is 5.91 Å². The number of para-hydroxylation sites is 1. The van der Waals surface area contributed by atoms with Gasteiger partial charge in [-0.25, -0.2) is 4.79 Å². The van der Waals surface area contributed by atoms with Gasteiger partial charge in [-0.1, -0.05) is 18.2 Å². The van der Waals surface area contributed by atoms with Crippen LogP contribution in [0.1, 0.15) is 33.6 Å². The minimum absolute atomic E-state index is 0.110. The third kappa shape index (κ3) is 3.01. The Labute approximate surface area is 152 Å². The molecule has 2 aromatic carbocycles. The van der Waals surface area contributed by atoms with Gasteiger partial charge in [0, 0.05) is 13.0 Å². The second kappa shape index (κ2) is 6.56. The zero-order chi connectivity index (χ0) is 19.0. The lowest BCUT2D eigenvalue weighted by Crippen LogP contribution is -2.31. The monoisotopic (exact) mass is 365 g/mol. The van der Waals surface area contributed by atoms with Crippen LogP contribution in [0.5, 0.6) is 0 Å². The topological polar surface area (TPSA) is 112 Å². The molecule has 2 N–H and O–H groups in total. The van der Waals surface area contributed by atoms with E-state index in [0.29, 0.717) is 28.8 Å². The van der Waals surface area contributed by atoms with E-state index < -0.39 is 5.76 Å². The van der Waals surface area contributed by atoms with Gasteiger partial charge in [-0.3, -0.25) is 24.3 Å². The van der Waals surface area contributed by atoms with Crippen LogP contribution >= 0.6 is 0 Å². The molecule has 0 bridgehead atoms. The van der Waals surface area contributed by atoms with Gasteiger partial charge >= 0.3 is 5.76 Å². The van der Waals surface area contributed by atoms with Gasteiger partial charge in [0.05, 0.1) is 22.3 Å². The van der Waals surface area contributed by atoms with E-state index in [1.54, 1.807) is 42.5 Å². The highest BCUT2D eigenvalue weighted by Crippen LogP contribution is 2.23. The largest absolute Gasteiger partial charge is 0.417 e. The fourth-order valence-corrected chi connectivity index (χ4v) is 3.12. The van der Waals surface area contributed by atoms with E-state index in [1.807, 2.05) is 0 Å². The Bertz CT molecular complexity index is 1090.